The molecule has 0 saturated carbocycles. The van der Waals surface area contributed by atoms with E-state index in [9.17, 15) is 9.90 Å². The van der Waals surface area contributed by atoms with Crippen molar-refractivity contribution in [2.24, 2.45) is 0 Å². The van der Waals surface area contributed by atoms with Crippen molar-refractivity contribution in [1.82, 2.24) is 4.98 Å². The molecule has 0 aliphatic carbocycles. The van der Waals surface area contributed by atoms with Gasteiger partial charge in [0.05, 0.1) is 0 Å². The normalized spacial score (nSPS) is 10.2. The van der Waals surface area contributed by atoms with Crippen molar-refractivity contribution in [2.75, 3.05) is 11.9 Å². The first kappa shape index (κ1) is 13.1. The highest BCUT2D eigenvalue weighted by atomic mass is 16.4. The maximum Gasteiger partial charge on any atom is 0.339 e. The van der Waals surface area contributed by atoms with Gasteiger partial charge in [0.2, 0.25) is 0 Å². The standard InChI is InChI=1S/C15H16N2O2/c1-11-8-9-16-14(13(11)15(18)19)17(2)10-12-6-4-3-5-7-12/h3-9H,10H2,1-2H3,(H,18,19). The molecule has 2 aromatic rings. The fraction of sp³-hybridized carbons (Fsp3) is 0.200. The van der Waals surface area contributed by atoms with Gasteiger partial charge in [0.15, 0.2) is 0 Å². The predicted molar refractivity (Wildman–Crippen MR) is 74.5 cm³/mol. The first-order chi connectivity index (χ1) is 9.09. The van der Waals surface area contributed by atoms with Gasteiger partial charge in [0, 0.05) is 19.8 Å². The highest BCUT2D eigenvalue weighted by molar-refractivity contribution is 5.94. The second-order valence-corrected chi connectivity index (χ2v) is 4.47. The van der Waals surface area contributed by atoms with Crippen LogP contribution in [0.2, 0.25) is 0 Å². The van der Waals surface area contributed by atoms with Gasteiger partial charge in [-0.1, -0.05) is 30.3 Å². The molecule has 0 amide bonds. The van der Waals surface area contributed by atoms with Gasteiger partial charge in [-0.05, 0) is 24.1 Å². The van der Waals surface area contributed by atoms with Crippen LogP contribution in [0.15, 0.2) is 42.6 Å². The van der Waals surface area contributed by atoms with Gasteiger partial charge in [-0.25, -0.2) is 9.78 Å². The van der Waals surface area contributed by atoms with E-state index in [0.29, 0.717) is 12.4 Å². The molecule has 0 spiro atoms. The van der Waals surface area contributed by atoms with Crippen molar-refractivity contribution in [2.45, 2.75) is 13.5 Å². The van der Waals surface area contributed by atoms with Gasteiger partial charge in [-0.2, -0.15) is 0 Å². The lowest BCUT2D eigenvalue weighted by molar-refractivity contribution is 0.0696. The van der Waals surface area contributed by atoms with Crippen LogP contribution in [0, 0.1) is 6.92 Å². The maximum atomic E-state index is 11.3. The quantitative estimate of drug-likeness (QED) is 0.913. The monoisotopic (exact) mass is 256 g/mol. The molecular weight excluding hydrogens is 240 g/mol. The van der Waals surface area contributed by atoms with Crippen molar-refractivity contribution in [3.8, 4) is 0 Å². The van der Waals surface area contributed by atoms with Gasteiger partial charge in [-0.3, -0.25) is 0 Å². The van der Waals surface area contributed by atoms with Crippen molar-refractivity contribution in [3.05, 3.63) is 59.3 Å². The highest BCUT2D eigenvalue weighted by Crippen LogP contribution is 2.21. The second-order valence-electron chi connectivity index (χ2n) is 4.47. The number of carboxylic acids is 1. The number of aryl methyl sites for hydroxylation is 1. The zero-order valence-electron chi connectivity index (χ0n) is 11.0. The molecule has 4 heteroatoms. The third-order valence-electron chi connectivity index (χ3n) is 2.98. The maximum absolute atomic E-state index is 11.3. The molecule has 98 valence electrons. The largest absolute Gasteiger partial charge is 0.478 e. The Morgan fingerprint density at radius 3 is 2.58 bits per heavy atom. The van der Waals surface area contributed by atoms with Gasteiger partial charge in [-0.15, -0.1) is 0 Å². The molecule has 1 N–H and O–H groups in total. The number of nitrogens with zero attached hydrogens (tertiary/aromatic N) is 2. The third-order valence-corrected chi connectivity index (χ3v) is 2.98. The average molecular weight is 256 g/mol. The van der Waals surface area contributed by atoms with E-state index in [2.05, 4.69) is 4.98 Å². The van der Waals surface area contributed by atoms with Crippen molar-refractivity contribution in [1.29, 1.82) is 0 Å². The fourth-order valence-corrected chi connectivity index (χ4v) is 2.03. The lowest BCUT2D eigenvalue weighted by Gasteiger charge is -2.20. The molecule has 0 fully saturated rings. The third kappa shape index (κ3) is 2.91. The Balaban J connectivity index is 2.31. The number of pyridine rings is 1. The van der Waals surface area contributed by atoms with E-state index in [4.69, 9.17) is 0 Å². The summed E-state index contributed by atoms with van der Waals surface area (Å²) in [5.41, 5.74) is 2.10. The highest BCUT2D eigenvalue weighted by Gasteiger charge is 2.17. The minimum atomic E-state index is -0.944. The van der Waals surface area contributed by atoms with E-state index in [1.165, 1.54) is 0 Å². The van der Waals surface area contributed by atoms with E-state index in [0.717, 1.165) is 11.1 Å². The summed E-state index contributed by atoms with van der Waals surface area (Å²) < 4.78 is 0. The van der Waals surface area contributed by atoms with E-state index in [-0.39, 0.29) is 5.56 Å². The number of carboxylic acid groups (broad SMARTS) is 1. The number of hydrogen-bond acceptors (Lipinski definition) is 3. The number of aromatic nitrogens is 1. The number of rotatable bonds is 4. The molecule has 0 bridgehead atoms. The second kappa shape index (κ2) is 5.52. The number of hydrogen-bond donors (Lipinski definition) is 1. The molecule has 19 heavy (non-hydrogen) atoms. The Labute approximate surface area is 112 Å². The summed E-state index contributed by atoms with van der Waals surface area (Å²) in [7, 11) is 1.85. The molecule has 0 atom stereocenters. The lowest BCUT2D eigenvalue weighted by Crippen LogP contribution is -2.21. The minimum Gasteiger partial charge on any atom is -0.478 e. The Morgan fingerprint density at radius 1 is 1.26 bits per heavy atom. The zero-order valence-corrected chi connectivity index (χ0v) is 11.0. The van der Waals surface area contributed by atoms with Crippen LogP contribution < -0.4 is 4.90 Å². The van der Waals surface area contributed by atoms with Crippen LogP contribution in [0.4, 0.5) is 5.82 Å². The minimum absolute atomic E-state index is 0.265. The number of benzene rings is 1. The van der Waals surface area contributed by atoms with Crippen LogP contribution in [-0.4, -0.2) is 23.1 Å². The molecule has 1 heterocycles. The molecule has 1 aromatic heterocycles. The number of anilines is 1. The Hall–Kier alpha value is -2.36. The molecule has 2 rings (SSSR count). The SMILES string of the molecule is Cc1ccnc(N(C)Cc2ccccc2)c1C(=O)O. The van der Waals surface area contributed by atoms with E-state index in [1.54, 1.807) is 19.2 Å². The first-order valence-electron chi connectivity index (χ1n) is 6.03. The van der Waals surface area contributed by atoms with Gasteiger partial charge < -0.3 is 10.0 Å². The summed E-state index contributed by atoms with van der Waals surface area (Å²) in [6, 6.07) is 11.6. The number of carbonyl (C=O) groups is 1. The zero-order chi connectivity index (χ0) is 13.8. The van der Waals surface area contributed by atoms with E-state index < -0.39 is 5.97 Å². The number of aromatic carboxylic acids is 1. The Morgan fingerprint density at radius 2 is 1.95 bits per heavy atom. The lowest BCUT2D eigenvalue weighted by atomic mass is 10.1. The topological polar surface area (TPSA) is 53.4 Å². The van der Waals surface area contributed by atoms with Crippen molar-refractivity contribution >= 4 is 11.8 Å². The molecule has 0 aliphatic heterocycles. The summed E-state index contributed by atoms with van der Waals surface area (Å²) in [6.45, 7) is 2.41. The van der Waals surface area contributed by atoms with Crippen LogP contribution in [0.5, 0.6) is 0 Å². The molecule has 1 aromatic carbocycles. The summed E-state index contributed by atoms with van der Waals surface area (Å²) in [5, 5.41) is 9.29. The van der Waals surface area contributed by atoms with Gasteiger partial charge in [0.25, 0.3) is 0 Å². The predicted octanol–water partition coefficient (Wildman–Crippen LogP) is 2.72. The summed E-state index contributed by atoms with van der Waals surface area (Å²) in [4.78, 5) is 17.4. The van der Waals surface area contributed by atoms with Crippen LogP contribution in [-0.2, 0) is 6.54 Å². The molecular formula is C15H16N2O2. The molecule has 0 radical (unpaired) electrons. The van der Waals surface area contributed by atoms with Gasteiger partial charge >= 0.3 is 5.97 Å². The molecule has 4 nitrogen and oxygen atoms in total. The molecule has 0 aliphatic rings. The van der Waals surface area contributed by atoms with Crippen molar-refractivity contribution < 1.29 is 9.90 Å². The van der Waals surface area contributed by atoms with Crippen LogP contribution in [0.3, 0.4) is 0 Å². The summed E-state index contributed by atoms with van der Waals surface area (Å²) in [6.07, 6.45) is 1.64. The van der Waals surface area contributed by atoms with Crippen LogP contribution in [0.1, 0.15) is 21.5 Å². The smallest absolute Gasteiger partial charge is 0.339 e. The summed E-state index contributed by atoms with van der Waals surface area (Å²) >= 11 is 0. The average Bonchev–Trinajstić information content (AvgIpc) is 2.39. The van der Waals surface area contributed by atoms with Crippen molar-refractivity contribution in [3.63, 3.8) is 0 Å². The first-order valence-corrected chi connectivity index (χ1v) is 6.03. The van der Waals surface area contributed by atoms with E-state index in [1.807, 2.05) is 42.3 Å². The fourth-order valence-electron chi connectivity index (χ4n) is 2.03. The van der Waals surface area contributed by atoms with E-state index >= 15 is 0 Å². The molecule has 0 saturated heterocycles. The Bertz CT molecular complexity index is 582. The molecule has 0 unspecified atom stereocenters. The van der Waals surface area contributed by atoms with Crippen LogP contribution >= 0.6 is 0 Å². The van der Waals surface area contributed by atoms with Crippen LogP contribution in [0.25, 0.3) is 0 Å². The van der Waals surface area contributed by atoms with Gasteiger partial charge in [0.1, 0.15) is 11.4 Å². The Kier molecular flexibility index (Phi) is 3.80. The summed E-state index contributed by atoms with van der Waals surface area (Å²) in [5.74, 6) is -0.447.